The van der Waals surface area contributed by atoms with E-state index in [-0.39, 0.29) is 5.96 Å². The average molecular weight is 273 g/mol. The fourth-order valence-corrected chi connectivity index (χ4v) is 2.18. The first-order valence-electron chi connectivity index (χ1n) is 5.72. The van der Waals surface area contributed by atoms with E-state index in [0.29, 0.717) is 11.0 Å². The van der Waals surface area contributed by atoms with Gasteiger partial charge in [-0.1, -0.05) is 23.8 Å². The van der Waals surface area contributed by atoms with Crippen molar-refractivity contribution in [2.45, 2.75) is 13.8 Å². The molecule has 4 N–H and O–H groups in total. The van der Waals surface area contributed by atoms with Crippen LogP contribution in [0, 0.1) is 13.8 Å². The second kappa shape index (κ2) is 5.62. The number of hydrogen-bond donors (Lipinski definition) is 2. The van der Waals surface area contributed by atoms with Crippen LogP contribution in [0.15, 0.2) is 39.6 Å². The van der Waals surface area contributed by atoms with Gasteiger partial charge >= 0.3 is 0 Å². The molecule has 5 nitrogen and oxygen atoms in total. The maximum atomic E-state index is 5.90. The third-order valence-electron chi connectivity index (χ3n) is 2.37. The van der Waals surface area contributed by atoms with Gasteiger partial charge in [-0.2, -0.15) is 9.98 Å². The van der Waals surface area contributed by atoms with Gasteiger partial charge in [0.15, 0.2) is 0 Å². The Morgan fingerprint density at radius 1 is 1.26 bits per heavy atom. The third-order valence-corrected chi connectivity index (χ3v) is 3.22. The molecule has 19 heavy (non-hydrogen) atoms. The van der Waals surface area contributed by atoms with Crippen LogP contribution in [0.4, 0.5) is 5.13 Å². The molecule has 0 aliphatic carbocycles. The lowest BCUT2D eigenvalue weighted by Crippen LogP contribution is -2.19. The van der Waals surface area contributed by atoms with E-state index in [0.717, 1.165) is 16.8 Å². The summed E-state index contributed by atoms with van der Waals surface area (Å²) in [5.41, 5.74) is 14.5. The Balaban J connectivity index is 2.23. The molecule has 0 bridgehead atoms. The summed E-state index contributed by atoms with van der Waals surface area (Å²) < 4.78 is 0. The number of nitrogens with zero attached hydrogens (tertiary/aromatic N) is 3. The maximum absolute atomic E-state index is 5.90. The van der Waals surface area contributed by atoms with Gasteiger partial charge in [-0.15, -0.1) is 11.3 Å². The molecule has 0 fully saturated rings. The molecule has 0 amide bonds. The summed E-state index contributed by atoms with van der Waals surface area (Å²) in [6, 6.07) is 7.74. The van der Waals surface area contributed by atoms with E-state index in [1.807, 2.05) is 43.5 Å². The molecule has 0 spiro atoms. The summed E-state index contributed by atoms with van der Waals surface area (Å²) in [4.78, 5) is 12.4. The fourth-order valence-electron chi connectivity index (χ4n) is 1.51. The predicted molar refractivity (Wildman–Crippen MR) is 80.0 cm³/mol. The molecule has 1 aromatic carbocycles. The number of hydrogen-bond acceptors (Lipinski definition) is 3. The van der Waals surface area contributed by atoms with Crippen LogP contribution in [0.5, 0.6) is 0 Å². The minimum Gasteiger partial charge on any atom is -0.383 e. The number of rotatable bonds is 2. The predicted octanol–water partition coefficient (Wildman–Crippen LogP) is 2.11. The summed E-state index contributed by atoms with van der Waals surface area (Å²) in [5.74, 6) is 0.451. The maximum Gasteiger partial charge on any atom is 0.224 e. The second-order valence-electron chi connectivity index (χ2n) is 4.11. The topological polar surface area (TPSA) is 89.6 Å². The van der Waals surface area contributed by atoms with E-state index in [9.17, 15) is 0 Å². The van der Waals surface area contributed by atoms with E-state index in [2.05, 4.69) is 15.0 Å². The minimum atomic E-state index is 0.105. The Hall–Kier alpha value is -2.21. The van der Waals surface area contributed by atoms with E-state index in [4.69, 9.17) is 11.5 Å². The lowest BCUT2D eigenvalue weighted by molar-refractivity contribution is 1.23. The number of guanidine groups is 1. The standard InChI is InChI=1S/C13H15N5S/c1-8-4-3-5-10(6-8)11(14)17-12(15)18-13-16-9(2)7-19-13/h3-7H,1-2H3,(H4,14,15,16,17,18). The van der Waals surface area contributed by atoms with Crippen molar-refractivity contribution < 1.29 is 0 Å². The molecule has 2 rings (SSSR count). The minimum absolute atomic E-state index is 0.105. The van der Waals surface area contributed by atoms with Crippen LogP contribution < -0.4 is 11.5 Å². The number of aliphatic imine (C=N–C) groups is 2. The van der Waals surface area contributed by atoms with Crippen molar-refractivity contribution >= 4 is 28.3 Å². The summed E-state index contributed by atoms with van der Waals surface area (Å²) in [5, 5.41) is 2.48. The highest BCUT2D eigenvalue weighted by molar-refractivity contribution is 7.13. The average Bonchev–Trinajstić information content (AvgIpc) is 2.74. The van der Waals surface area contributed by atoms with E-state index in [1.165, 1.54) is 11.3 Å². The molecule has 2 aromatic rings. The van der Waals surface area contributed by atoms with Gasteiger partial charge in [0.05, 0.1) is 5.69 Å². The number of aryl methyl sites for hydroxylation is 2. The van der Waals surface area contributed by atoms with Gasteiger partial charge in [0, 0.05) is 10.9 Å². The van der Waals surface area contributed by atoms with Gasteiger partial charge < -0.3 is 11.5 Å². The van der Waals surface area contributed by atoms with Crippen molar-refractivity contribution in [2.75, 3.05) is 0 Å². The highest BCUT2D eigenvalue weighted by Crippen LogP contribution is 2.17. The van der Waals surface area contributed by atoms with Gasteiger partial charge in [0.2, 0.25) is 11.1 Å². The Morgan fingerprint density at radius 3 is 2.68 bits per heavy atom. The smallest absolute Gasteiger partial charge is 0.224 e. The van der Waals surface area contributed by atoms with Crippen molar-refractivity contribution in [1.29, 1.82) is 0 Å². The molecule has 98 valence electrons. The van der Waals surface area contributed by atoms with Crippen LogP contribution in [0.1, 0.15) is 16.8 Å². The molecule has 0 unspecified atom stereocenters. The Morgan fingerprint density at radius 2 is 2.05 bits per heavy atom. The lowest BCUT2D eigenvalue weighted by atomic mass is 10.1. The van der Waals surface area contributed by atoms with Gasteiger partial charge in [-0.3, -0.25) is 0 Å². The van der Waals surface area contributed by atoms with Crippen LogP contribution in [0.2, 0.25) is 0 Å². The third kappa shape index (κ3) is 3.62. The Bertz CT molecular complexity index is 642. The van der Waals surface area contributed by atoms with Gasteiger partial charge in [-0.25, -0.2) is 4.98 Å². The largest absolute Gasteiger partial charge is 0.383 e. The molecule has 0 aliphatic heterocycles. The Labute approximate surface area is 115 Å². The molecule has 1 heterocycles. The number of nitrogens with two attached hydrogens (primary N) is 2. The zero-order valence-corrected chi connectivity index (χ0v) is 11.6. The van der Waals surface area contributed by atoms with E-state index in [1.54, 1.807) is 0 Å². The fraction of sp³-hybridized carbons (Fsp3) is 0.154. The van der Waals surface area contributed by atoms with Crippen LogP contribution in [0.25, 0.3) is 0 Å². The molecule has 6 heteroatoms. The van der Waals surface area contributed by atoms with Crippen LogP contribution >= 0.6 is 11.3 Å². The van der Waals surface area contributed by atoms with Gasteiger partial charge in [0.1, 0.15) is 5.84 Å². The number of benzene rings is 1. The summed E-state index contributed by atoms with van der Waals surface area (Å²) in [6.07, 6.45) is 0. The first-order valence-corrected chi connectivity index (χ1v) is 6.60. The Kier molecular flexibility index (Phi) is 3.91. The zero-order valence-electron chi connectivity index (χ0n) is 10.8. The highest BCUT2D eigenvalue weighted by Gasteiger charge is 2.01. The molecular formula is C13H15N5S. The van der Waals surface area contributed by atoms with Crippen molar-refractivity contribution in [1.82, 2.24) is 4.98 Å². The van der Waals surface area contributed by atoms with Crippen molar-refractivity contribution in [3.63, 3.8) is 0 Å². The van der Waals surface area contributed by atoms with Crippen LogP contribution in [0.3, 0.4) is 0 Å². The van der Waals surface area contributed by atoms with Crippen molar-refractivity contribution in [3.05, 3.63) is 46.5 Å². The summed E-state index contributed by atoms with van der Waals surface area (Å²) in [6.45, 7) is 3.89. The van der Waals surface area contributed by atoms with E-state index < -0.39 is 0 Å². The summed E-state index contributed by atoms with van der Waals surface area (Å²) >= 11 is 1.41. The first kappa shape index (κ1) is 13.2. The second-order valence-corrected chi connectivity index (χ2v) is 4.94. The lowest BCUT2D eigenvalue weighted by Gasteiger charge is -2.01. The molecule has 0 atom stereocenters. The van der Waals surface area contributed by atoms with Crippen LogP contribution in [-0.4, -0.2) is 16.8 Å². The molecular weight excluding hydrogens is 258 g/mol. The van der Waals surface area contributed by atoms with Gasteiger partial charge in [0.25, 0.3) is 0 Å². The zero-order chi connectivity index (χ0) is 13.8. The van der Waals surface area contributed by atoms with Gasteiger partial charge in [-0.05, 0) is 19.9 Å². The number of thiazole rings is 1. The normalized spacial score (nSPS) is 12.7. The van der Waals surface area contributed by atoms with Crippen molar-refractivity contribution in [2.24, 2.45) is 21.5 Å². The number of amidine groups is 1. The first-order chi connectivity index (χ1) is 9.04. The van der Waals surface area contributed by atoms with Crippen molar-refractivity contribution in [3.8, 4) is 0 Å². The highest BCUT2D eigenvalue weighted by atomic mass is 32.1. The summed E-state index contributed by atoms with van der Waals surface area (Å²) in [7, 11) is 0. The molecule has 0 radical (unpaired) electrons. The SMILES string of the molecule is Cc1cccc(C(N)=NC(N)=Nc2nc(C)cs2)c1. The van der Waals surface area contributed by atoms with E-state index >= 15 is 0 Å². The molecule has 0 saturated carbocycles. The molecule has 0 saturated heterocycles. The quantitative estimate of drug-likeness (QED) is 0.648. The molecule has 0 aliphatic rings. The van der Waals surface area contributed by atoms with Crippen LogP contribution in [-0.2, 0) is 0 Å². The number of aromatic nitrogens is 1. The molecule has 1 aromatic heterocycles. The monoisotopic (exact) mass is 273 g/mol.